The number of hydrogen-bond acceptors (Lipinski definition) is 5. The molecule has 0 radical (unpaired) electrons. The normalized spacial score (nSPS) is 11.3. The molecule has 0 heterocycles. The molecule has 0 bridgehead atoms. The summed E-state index contributed by atoms with van der Waals surface area (Å²) < 4.78 is 4.93. The third-order valence-electron chi connectivity index (χ3n) is 4.06. The fourth-order valence-electron chi connectivity index (χ4n) is 2.58. The zero-order valence-electron chi connectivity index (χ0n) is 16.9. The second-order valence-electron chi connectivity index (χ2n) is 6.51. The van der Waals surface area contributed by atoms with Gasteiger partial charge in [0.05, 0.1) is 13.0 Å². The Kier molecular flexibility index (Phi) is 14.2. The van der Waals surface area contributed by atoms with E-state index in [0.717, 1.165) is 17.7 Å². The number of carboxylic acids is 1. The van der Waals surface area contributed by atoms with Crippen LogP contribution in [0.2, 0.25) is 0 Å². The summed E-state index contributed by atoms with van der Waals surface area (Å²) in [6.45, 7) is 9.20. The van der Waals surface area contributed by atoms with Gasteiger partial charge in [-0.25, -0.2) is 4.79 Å². The number of amides is 2. The Bertz CT molecular complexity index is 515. The number of aliphatic carboxylic acids is 1. The molecule has 0 saturated carbocycles. The number of hydrogen-bond donors (Lipinski definition) is 1. The van der Waals surface area contributed by atoms with Crippen LogP contribution in [-0.4, -0.2) is 46.4 Å². The lowest BCUT2D eigenvalue weighted by atomic mass is 10.1. The fraction of sp³-hybridized carbons (Fsp3) is 0.619. The van der Waals surface area contributed by atoms with Gasteiger partial charge < -0.3 is 9.84 Å². The van der Waals surface area contributed by atoms with Crippen LogP contribution < -0.4 is 0 Å². The van der Waals surface area contributed by atoms with Crippen LogP contribution in [0.3, 0.4) is 0 Å². The van der Waals surface area contributed by atoms with E-state index < -0.39 is 36.2 Å². The number of unbranched alkanes of at least 4 members (excludes halogenated alkanes) is 4. The number of imide groups is 1. The van der Waals surface area contributed by atoms with Gasteiger partial charge in [0.1, 0.15) is 6.04 Å². The van der Waals surface area contributed by atoms with Crippen molar-refractivity contribution in [3.8, 4) is 0 Å². The van der Waals surface area contributed by atoms with Gasteiger partial charge >= 0.3 is 11.9 Å². The van der Waals surface area contributed by atoms with Crippen LogP contribution in [0.25, 0.3) is 0 Å². The van der Waals surface area contributed by atoms with Gasteiger partial charge in [-0.15, -0.1) is 13.2 Å². The van der Waals surface area contributed by atoms with E-state index in [4.69, 9.17) is 4.74 Å². The lowest BCUT2D eigenvalue weighted by Gasteiger charge is -2.27. The molecule has 0 aromatic rings. The Morgan fingerprint density at radius 3 is 1.86 bits per heavy atom. The SMILES string of the molecule is C=CCCCCC(=O)N(C(=O)CCCCC=C)C(CC(=O)OCCC)C(=O)O. The number of carbonyl (C=O) groups is 4. The van der Waals surface area contributed by atoms with E-state index in [0.29, 0.717) is 32.1 Å². The average Bonchev–Trinajstić information content (AvgIpc) is 2.66. The van der Waals surface area contributed by atoms with E-state index in [9.17, 15) is 24.3 Å². The van der Waals surface area contributed by atoms with E-state index in [1.54, 1.807) is 12.2 Å². The van der Waals surface area contributed by atoms with Crippen LogP contribution >= 0.6 is 0 Å². The highest BCUT2D eigenvalue weighted by Gasteiger charge is 2.36. The molecule has 0 aromatic heterocycles. The maximum atomic E-state index is 12.6. The van der Waals surface area contributed by atoms with E-state index in [-0.39, 0.29) is 19.4 Å². The van der Waals surface area contributed by atoms with Gasteiger partial charge in [0, 0.05) is 12.8 Å². The van der Waals surface area contributed by atoms with Crippen molar-refractivity contribution in [2.75, 3.05) is 6.61 Å². The Morgan fingerprint density at radius 1 is 0.964 bits per heavy atom. The molecule has 0 spiro atoms. The molecule has 0 rings (SSSR count). The molecule has 0 aliphatic heterocycles. The molecule has 0 saturated heterocycles. The number of rotatable bonds is 16. The summed E-state index contributed by atoms with van der Waals surface area (Å²) in [6.07, 6.45) is 7.51. The van der Waals surface area contributed by atoms with Crippen LogP contribution in [-0.2, 0) is 23.9 Å². The fourth-order valence-corrected chi connectivity index (χ4v) is 2.58. The lowest BCUT2D eigenvalue weighted by molar-refractivity contribution is -0.161. The quantitative estimate of drug-likeness (QED) is 0.243. The molecule has 158 valence electrons. The van der Waals surface area contributed by atoms with Gasteiger partial charge in [0.15, 0.2) is 0 Å². The third-order valence-corrected chi connectivity index (χ3v) is 4.06. The number of carbonyl (C=O) groups excluding carboxylic acids is 3. The molecule has 7 nitrogen and oxygen atoms in total. The molecule has 0 aliphatic carbocycles. The molecule has 2 amide bonds. The summed E-state index contributed by atoms with van der Waals surface area (Å²) in [4.78, 5) is 49.6. The van der Waals surface area contributed by atoms with E-state index >= 15 is 0 Å². The van der Waals surface area contributed by atoms with Crippen LogP contribution in [0.1, 0.15) is 71.1 Å². The first-order valence-corrected chi connectivity index (χ1v) is 9.84. The highest BCUT2D eigenvalue weighted by Crippen LogP contribution is 2.15. The van der Waals surface area contributed by atoms with Crippen molar-refractivity contribution in [1.29, 1.82) is 0 Å². The Morgan fingerprint density at radius 2 is 1.46 bits per heavy atom. The summed E-state index contributed by atoms with van der Waals surface area (Å²) in [5.74, 6) is -3.28. The molecule has 1 unspecified atom stereocenters. The summed E-state index contributed by atoms with van der Waals surface area (Å²) >= 11 is 0. The van der Waals surface area contributed by atoms with Gasteiger partial charge in [-0.2, -0.15) is 0 Å². The molecule has 0 fully saturated rings. The second kappa shape index (κ2) is 15.6. The van der Waals surface area contributed by atoms with Crippen molar-refractivity contribution in [1.82, 2.24) is 4.90 Å². The number of ether oxygens (including phenoxy) is 1. The van der Waals surface area contributed by atoms with E-state index in [2.05, 4.69) is 13.2 Å². The summed E-state index contributed by atoms with van der Waals surface area (Å²) in [6, 6.07) is -1.55. The predicted molar refractivity (Wildman–Crippen MR) is 106 cm³/mol. The number of carboxylic acid groups (broad SMARTS) is 1. The first-order valence-electron chi connectivity index (χ1n) is 9.84. The first kappa shape index (κ1) is 25.6. The molecule has 0 aliphatic rings. The standard InChI is InChI=1S/C21H33NO6/c1-4-7-9-11-13-18(23)22(19(24)14-12-10-8-5-2)17(21(26)27)16-20(25)28-15-6-3/h4-5,17H,1-2,6-16H2,3H3,(H,26,27). The van der Waals surface area contributed by atoms with Gasteiger partial charge in [-0.1, -0.05) is 19.1 Å². The smallest absolute Gasteiger partial charge is 0.327 e. The van der Waals surface area contributed by atoms with Gasteiger partial charge in [-0.3, -0.25) is 19.3 Å². The highest BCUT2D eigenvalue weighted by molar-refractivity contribution is 6.00. The lowest BCUT2D eigenvalue weighted by Crippen LogP contribution is -2.49. The molecule has 7 heteroatoms. The minimum Gasteiger partial charge on any atom is -0.480 e. The summed E-state index contributed by atoms with van der Waals surface area (Å²) in [5, 5.41) is 9.55. The molecule has 28 heavy (non-hydrogen) atoms. The van der Waals surface area contributed by atoms with Crippen LogP contribution in [0, 0.1) is 0 Å². The van der Waals surface area contributed by atoms with E-state index in [1.807, 2.05) is 6.92 Å². The third kappa shape index (κ3) is 10.6. The average molecular weight is 395 g/mol. The van der Waals surface area contributed by atoms with Crippen LogP contribution in [0.15, 0.2) is 25.3 Å². The van der Waals surface area contributed by atoms with Crippen molar-refractivity contribution in [3.63, 3.8) is 0 Å². The first-order chi connectivity index (χ1) is 13.4. The number of esters is 1. The molecule has 1 N–H and O–H groups in total. The van der Waals surface area contributed by atoms with Crippen molar-refractivity contribution < 1.29 is 29.0 Å². The molecule has 0 aromatic carbocycles. The maximum absolute atomic E-state index is 12.6. The largest absolute Gasteiger partial charge is 0.480 e. The van der Waals surface area contributed by atoms with Gasteiger partial charge in [0.25, 0.3) is 0 Å². The monoisotopic (exact) mass is 395 g/mol. The Labute approximate surface area is 167 Å². The summed E-state index contributed by atoms with van der Waals surface area (Å²) in [7, 11) is 0. The zero-order valence-corrected chi connectivity index (χ0v) is 16.9. The van der Waals surface area contributed by atoms with Crippen molar-refractivity contribution >= 4 is 23.8 Å². The van der Waals surface area contributed by atoms with Crippen molar-refractivity contribution in [2.45, 2.75) is 77.2 Å². The minimum absolute atomic E-state index is 0.0417. The molecular formula is C21H33NO6. The van der Waals surface area contributed by atoms with Crippen molar-refractivity contribution in [3.05, 3.63) is 25.3 Å². The highest BCUT2D eigenvalue weighted by atomic mass is 16.5. The van der Waals surface area contributed by atoms with E-state index in [1.165, 1.54) is 0 Å². The van der Waals surface area contributed by atoms with Crippen LogP contribution in [0.5, 0.6) is 0 Å². The predicted octanol–water partition coefficient (Wildman–Crippen LogP) is 3.63. The zero-order chi connectivity index (χ0) is 21.4. The number of allylic oxidation sites excluding steroid dienone is 2. The molecular weight excluding hydrogens is 362 g/mol. The van der Waals surface area contributed by atoms with Gasteiger partial charge in [0.2, 0.25) is 11.8 Å². The number of nitrogens with zero attached hydrogens (tertiary/aromatic N) is 1. The Balaban J connectivity index is 5.24. The topological polar surface area (TPSA) is 101 Å². The maximum Gasteiger partial charge on any atom is 0.327 e. The van der Waals surface area contributed by atoms with Crippen molar-refractivity contribution in [2.24, 2.45) is 0 Å². The minimum atomic E-state index is -1.55. The summed E-state index contributed by atoms with van der Waals surface area (Å²) in [5.41, 5.74) is 0. The second-order valence-corrected chi connectivity index (χ2v) is 6.51. The van der Waals surface area contributed by atoms with Gasteiger partial charge in [-0.05, 0) is 44.9 Å². The Hall–Kier alpha value is -2.44. The van der Waals surface area contributed by atoms with Crippen LogP contribution in [0.4, 0.5) is 0 Å². The molecule has 1 atom stereocenters.